The van der Waals surface area contributed by atoms with Crippen LogP contribution >= 0.6 is 0 Å². The molecule has 22 heavy (non-hydrogen) atoms. The molecule has 0 bridgehead atoms. The minimum absolute atomic E-state index is 0.210. The molecule has 0 spiro atoms. The van der Waals surface area contributed by atoms with Crippen molar-refractivity contribution in [1.82, 2.24) is 4.57 Å². The molecule has 3 nitrogen and oxygen atoms in total. The highest BCUT2D eigenvalue weighted by Gasteiger charge is 2.36. The Labute approximate surface area is 138 Å². The van der Waals surface area contributed by atoms with E-state index in [1.54, 1.807) is 0 Å². The lowest BCUT2D eigenvalue weighted by Crippen LogP contribution is -2.54. The monoisotopic (exact) mass is 339 g/mol. The summed E-state index contributed by atoms with van der Waals surface area (Å²) in [6.45, 7) is 23.9. The van der Waals surface area contributed by atoms with E-state index < -0.39 is 21.7 Å². The van der Waals surface area contributed by atoms with E-state index in [0.29, 0.717) is 0 Å². The van der Waals surface area contributed by atoms with Crippen molar-refractivity contribution >= 4 is 32.9 Å². The molecule has 0 aliphatic carbocycles. The summed E-state index contributed by atoms with van der Waals surface area (Å²) in [4.78, 5) is 12.9. The van der Waals surface area contributed by atoms with Crippen LogP contribution in [0.4, 0.5) is 4.79 Å². The largest absolute Gasteiger partial charge is 0.443 e. The number of carbonyl (C=O) groups excluding carboxylic acids is 1. The molecule has 0 radical (unpaired) electrons. The van der Waals surface area contributed by atoms with Gasteiger partial charge >= 0.3 is 6.09 Å². The maximum absolute atomic E-state index is 12.9. The predicted octanol–water partition coefficient (Wildman–Crippen LogP) is 3.98. The molecule has 1 aromatic heterocycles. The SMILES string of the molecule is Cc1c(C)c([Si](C)(C)C)n(C(=O)OC(C)(C)C)c1[Si](C)(C)C. The summed E-state index contributed by atoms with van der Waals surface area (Å²) in [5, 5.41) is 2.44. The fourth-order valence-electron chi connectivity index (χ4n) is 3.09. The van der Waals surface area contributed by atoms with Gasteiger partial charge in [0.05, 0.1) is 16.1 Å². The molecule has 0 N–H and O–H groups in total. The van der Waals surface area contributed by atoms with Crippen LogP contribution in [-0.4, -0.2) is 32.4 Å². The van der Waals surface area contributed by atoms with Crippen molar-refractivity contribution < 1.29 is 9.53 Å². The number of nitrogens with zero attached hydrogens (tertiary/aromatic N) is 1. The van der Waals surface area contributed by atoms with Crippen LogP contribution in [0.5, 0.6) is 0 Å². The average molecular weight is 340 g/mol. The van der Waals surface area contributed by atoms with Gasteiger partial charge in [-0.2, -0.15) is 0 Å². The van der Waals surface area contributed by atoms with Gasteiger partial charge < -0.3 is 4.74 Å². The van der Waals surface area contributed by atoms with E-state index in [2.05, 4.69) is 53.1 Å². The van der Waals surface area contributed by atoms with Gasteiger partial charge in [0.1, 0.15) is 5.60 Å². The van der Waals surface area contributed by atoms with Crippen LogP contribution in [0.15, 0.2) is 0 Å². The second kappa shape index (κ2) is 5.67. The lowest BCUT2D eigenvalue weighted by Gasteiger charge is -2.28. The number of ether oxygens (including phenoxy) is 1. The van der Waals surface area contributed by atoms with Crippen LogP contribution in [-0.2, 0) is 4.74 Å². The van der Waals surface area contributed by atoms with E-state index in [4.69, 9.17) is 4.74 Å². The van der Waals surface area contributed by atoms with Gasteiger partial charge in [-0.3, -0.25) is 4.57 Å². The van der Waals surface area contributed by atoms with Crippen LogP contribution in [0.25, 0.3) is 0 Å². The number of rotatable bonds is 2. The standard InChI is InChI=1S/C17H33NO2Si2/c1-12-13(2)15(22(9,10)11)18(14(12)21(6,7)8)16(19)20-17(3,4)5/h1-11H3. The maximum Gasteiger partial charge on any atom is 0.418 e. The van der Waals surface area contributed by atoms with Crippen LogP contribution in [0.2, 0.25) is 39.3 Å². The Morgan fingerprint density at radius 2 is 1.18 bits per heavy atom. The van der Waals surface area contributed by atoms with Gasteiger partial charge in [-0.15, -0.1) is 0 Å². The molecule has 0 aliphatic heterocycles. The smallest absolute Gasteiger partial charge is 0.418 e. The second-order valence-corrected chi connectivity index (χ2v) is 19.2. The zero-order valence-corrected chi connectivity index (χ0v) is 18.3. The molecule has 1 heterocycles. The summed E-state index contributed by atoms with van der Waals surface area (Å²) in [6.07, 6.45) is -0.210. The van der Waals surface area contributed by atoms with E-state index in [0.717, 1.165) is 0 Å². The first-order valence-corrected chi connectivity index (χ1v) is 15.0. The molecule has 0 atom stereocenters. The summed E-state index contributed by atoms with van der Waals surface area (Å²) in [5.74, 6) is 0. The first-order valence-electron chi connectivity index (χ1n) is 8.03. The Morgan fingerprint density at radius 1 is 0.864 bits per heavy atom. The van der Waals surface area contributed by atoms with E-state index >= 15 is 0 Å². The third-order valence-corrected chi connectivity index (χ3v) is 7.76. The highest BCUT2D eigenvalue weighted by Crippen LogP contribution is 2.18. The number of carbonyl (C=O) groups is 1. The molecule has 0 saturated heterocycles. The van der Waals surface area contributed by atoms with Crippen molar-refractivity contribution in [1.29, 1.82) is 0 Å². The van der Waals surface area contributed by atoms with Crippen molar-refractivity contribution in [3.05, 3.63) is 11.1 Å². The highest BCUT2D eigenvalue weighted by molar-refractivity contribution is 6.91. The van der Waals surface area contributed by atoms with Crippen molar-refractivity contribution in [2.75, 3.05) is 0 Å². The average Bonchev–Trinajstić information content (AvgIpc) is 2.47. The van der Waals surface area contributed by atoms with E-state index in [1.165, 1.54) is 21.8 Å². The summed E-state index contributed by atoms with van der Waals surface area (Å²) >= 11 is 0. The highest BCUT2D eigenvalue weighted by atomic mass is 28.3. The molecule has 0 aliphatic rings. The molecule has 126 valence electrons. The van der Waals surface area contributed by atoms with Crippen LogP contribution in [0.3, 0.4) is 0 Å². The summed E-state index contributed by atoms with van der Waals surface area (Å²) in [5.41, 5.74) is 2.08. The first-order chi connectivity index (χ1) is 9.57. The number of hydrogen-bond donors (Lipinski definition) is 0. The summed E-state index contributed by atoms with van der Waals surface area (Å²) in [7, 11) is -3.33. The molecule has 0 fully saturated rings. The second-order valence-electron chi connectivity index (χ2n) is 9.26. The fraction of sp³-hybridized carbons (Fsp3) is 0.706. The van der Waals surface area contributed by atoms with Gasteiger partial charge in [-0.25, -0.2) is 4.79 Å². The summed E-state index contributed by atoms with van der Waals surface area (Å²) < 4.78 is 7.67. The van der Waals surface area contributed by atoms with Gasteiger partial charge in [0, 0.05) is 10.6 Å². The van der Waals surface area contributed by atoms with Crippen molar-refractivity contribution in [2.24, 2.45) is 0 Å². The first kappa shape index (κ1) is 19.2. The Bertz CT molecular complexity index is 544. The molecule has 0 saturated carbocycles. The Balaban J connectivity index is 3.72. The lowest BCUT2D eigenvalue weighted by atomic mass is 10.2. The molecule has 5 heteroatoms. The third kappa shape index (κ3) is 3.93. The van der Waals surface area contributed by atoms with Crippen LogP contribution in [0, 0.1) is 13.8 Å². The Morgan fingerprint density at radius 3 is 1.41 bits per heavy atom. The zero-order valence-electron chi connectivity index (χ0n) is 16.3. The van der Waals surface area contributed by atoms with Gasteiger partial charge in [0.2, 0.25) is 0 Å². The molecule has 0 aromatic carbocycles. The van der Waals surface area contributed by atoms with Gasteiger partial charge in [0.15, 0.2) is 0 Å². The molecule has 0 amide bonds. The van der Waals surface area contributed by atoms with Crippen molar-refractivity contribution in [3.63, 3.8) is 0 Å². The Kier molecular flexibility index (Phi) is 4.96. The quantitative estimate of drug-likeness (QED) is 0.763. The topological polar surface area (TPSA) is 31.2 Å². The molecule has 1 rings (SSSR count). The van der Waals surface area contributed by atoms with Gasteiger partial charge in [-0.05, 0) is 45.7 Å². The van der Waals surface area contributed by atoms with Gasteiger partial charge in [0.25, 0.3) is 0 Å². The molecule has 1 aromatic rings. The van der Waals surface area contributed by atoms with Gasteiger partial charge in [-0.1, -0.05) is 39.3 Å². The number of hydrogen-bond acceptors (Lipinski definition) is 2. The van der Waals surface area contributed by atoms with E-state index in [-0.39, 0.29) is 6.09 Å². The fourth-order valence-corrected chi connectivity index (χ4v) is 7.57. The number of aromatic nitrogens is 1. The normalized spacial score (nSPS) is 13.4. The molecular weight excluding hydrogens is 306 g/mol. The minimum Gasteiger partial charge on any atom is -0.443 e. The van der Waals surface area contributed by atoms with Crippen LogP contribution in [0.1, 0.15) is 31.9 Å². The molecule has 0 unspecified atom stereocenters. The van der Waals surface area contributed by atoms with Crippen molar-refractivity contribution in [3.8, 4) is 0 Å². The van der Waals surface area contributed by atoms with Crippen molar-refractivity contribution in [2.45, 2.75) is 79.5 Å². The lowest BCUT2D eigenvalue weighted by molar-refractivity contribution is 0.0546. The third-order valence-electron chi connectivity index (χ3n) is 3.72. The predicted molar refractivity (Wildman–Crippen MR) is 101 cm³/mol. The van der Waals surface area contributed by atoms with E-state index in [9.17, 15) is 4.79 Å². The minimum atomic E-state index is -1.67. The van der Waals surface area contributed by atoms with E-state index in [1.807, 2.05) is 25.3 Å². The Hall–Kier alpha value is -0.816. The summed E-state index contributed by atoms with van der Waals surface area (Å²) in [6, 6.07) is 0. The maximum atomic E-state index is 12.9. The molecular formula is C17H33NO2Si2. The van der Waals surface area contributed by atoms with Crippen LogP contribution < -0.4 is 10.6 Å². The zero-order chi connectivity index (χ0) is 17.7.